The van der Waals surface area contributed by atoms with Gasteiger partial charge < -0.3 is 20.1 Å². The molecule has 1 atom stereocenters. The van der Waals surface area contributed by atoms with Crippen LogP contribution in [0.3, 0.4) is 0 Å². The maximum Gasteiger partial charge on any atom is 0.410 e. The third-order valence-corrected chi connectivity index (χ3v) is 3.05. The Kier molecular flexibility index (Phi) is 4.25. The number of nitrogens with two attached hydrogens (primary N) is 1. The van der Waals surface area contributed by atoms with Gasteiger partial charge in [0.25, 0.3) is 0 Å². The number of hydrogen-bond donors (Lipinski definition) is 1. The van der Waals surface area contributed by atoms with Crippen LogP contribution in [-0.2, 0) is 4.74 Å². The Bertz CT molecular complexity index is 528. The van der Waals surface area contributed by atoms with Crippen LogP contribution in [0.1, 0.15) is 27.2 Å². The molecule has 1 aliphatic heterocycles. The number of amides is 1. The lowest BCUT2D eigenvalue weighted by atomic mass is 10.2. The number of carbonyl (C=O) groups is 1. The normalized spacial score (nSPS) is 18.7. The van der Waals surface area contributed by atoms with Crippen molar-refractivity contribution in [2.75, 3.05) is 18.8 Å². The van der Waals surface area contributed by atoms with E-state index in [1.165, 1.54) is 12.1 Å². The monoisotopic (exact) mass is 296 g/mol. The van der Waals surface area contributed by atoms with Crippen LogP contribution in [0.5, 0.6) is 5.75 Å². The van der Waals surface area contributed by atoms with Crippen molar-refractivity contribution >= 4 is 11.8 Å². The van der Waals surface area contributed by atoms with Crippen LogP contribution in [0.4, 0.5) is 14.9 Å². The molecule has 1 saturated heterocycles. The highest BCUT2D eigenvalue weighted by atomic mass is 19.1. The van der Waals surface area contributed by atoms with E-state index in [9.17, 15) is 9.18 Å². The van der Waals surface area contributed by atoms with E-state index in [2.05, 4.69) is 0 Å². The Morgan fingerprint density at radius 2 is 2.14 bits per heavy atom. The topological polar surface area (TPSA) is 64.8 Å². The van der Waals surface area contributed by atoms with Crippen molar-refractivity contribution in [3.05, 3.63) is 24.0 Å². The van der Waals surface area contributed by atoms with Crippen LogP contribution in [-0.4, -0.2) is 35.8 Å². The zero-order chi connectivity index (χ0) is 15.6. The Balaban J connectivity index is 1.92. The van der Waals surface area contributed by atoms with Crippen LogP contribution < -0.4 is 10.5 Å². The minimum absolute atomic E-state index is 0.153. The van der Waals surface area contributed by atoms with Gasteiger partial charge in [-0.1, -0.05) is 0 Å². The smallest absolute Gasteiger partial charge is 0.410 e. The standard InChI is InChI=1S/C15H21FN2O3/c1-15(2,3)21-14(19)18-7-6-11(9-18)20-13-5-4-10(17)8-12(13)16/h4-5,8,11H,6-7,9,17H2,1-3H3. The fourth-order valence-electron chi connectivity index (χ4n) is 2.11. The largest absolute Gasteiger partial charge is 0.485 e. The summed E-state index contributed by atoms with van der Waals surface area (Å²) in [6.07, 6.45) is 0.0327. The molecule has 6 heteroatoms. The van der Waals surface area contributed by atoms with E-state index in [0.717, 1.165) is 0 Å². The molecular weight excluding hydrogens is 275 g/mol. The molecule has 5 nitrogen and oxygen atoms in total. The predicted molar refractivity (Wildman–Crippen MR) is 77.7 cm³/mol. The number of carbonyl (C=O) groups excluding carboxylic acids is 1. The zero-order valence-corrected chi connectivity index (χ0v) is 12.6. The van der Waals surface area contributed by atoms with Crippen LogP contribution in [0, 0.1) is 5.82 Å². The van der Waals surface area contributed by atoms with Gasteiger partial charge >= 0.3 is 6.09 Å². The molecule has 0 radical (unpaired) electrons. The summed E-state index contributed by atoms with van der Waals surface area (Å²) in [6, 6.07) is 4.30. The first-order valence-corrected chi connectivity index (χ1v) is 6.94. The lowest BCUT2D eigenvalue weighted by Gasteiger charge is -2.24. The van der Waals surface area contributed by atoms with Gasteiger partial charge in [-0.15, -0.1) is 0 Å². The van der Waals surface area contributed by atoms with Crippen molar-refractivity contribution in [3.63, 3.8) is 0 Å². The van der Waals surface area contributed by atoms with Crippen LogP contribution in [0.25, 0.3) is 0 Å². The van der Waals surface area contributed by atoms with Crippen molar-refractivity contribution in [1.82, 2.24) is 4.90 Å². The minimum Gasteiger partial charge on any atom is -0.485 e. The van der Waals surface area contributed by atoms with Gasteiger partial charge in [0.1, 0.15) is 11.7 Å². The van der Waals surface area contributed by atoms with E-state index in [-0.39, 0.29) is 17.9 Å². The Labute approximate surface area is 123 Å². The van der Waals surface area contributed by atoms with Crippen molar-refractivity contribution in [1.29, 1.82) is 0 Å². The highest BCUT2D eigenvalue weighted by Crippen LogP contribution is 2.24. The molecule has 2 N–H and O–H groups in total. The van der Waals surface area contributed by atoms with E-state index in [1.54, 1.807) is 11.0 Å². The summed E-state index contributed by atoms with van der Waals surface area (Å²) < 4.78 is 24.6. The quantitative estimate of drug-likeness (QED) is 0.852. The van der Waals surface area contributed by atoms with Crippen molar-refractivity contribution in [2.24, 2.45) is 0 Å². The van der Waals surface area contributed by atoms with Gasteiger partial charge in [0, 0.05) is 24.7 Å². The molecule has 2 rings (SSSR count). The predicted octanol–water partition coefficient (Wildman–Crippen LogP) is 2.80. The summed E-state index contributed by atoms with van der Waals surface area (Å²) in [5.74, 6) is -0.342. The number of nitrogens with zero attached hydrogens (tertiary/aromatic N) is 1. The number of anilines is 1. The molecule has 21 heavy (non-hydrogen) atoms. The first kappa shape index (κ1) is 15.4. The lowest BCUT2D eigenvalue weighted by molar-refractivity contribution is 0.0275. The second kappa shape index (κ2) is 5.79. The first-order valence-electron chi connectivity index (χ1n) is 6.94. The average molecular weight is 296 g/mol. The average Bonchev–Trinajstić information content (AvgIpc) is 2.79. The summed E-state index contributed by atoms with van der Waals surface area (Å²) in [5, 5.41) is 0. The number of ether oxygens (including phenoxy) is 2. The third kappa shape index (κ3) is 4.24. The van der Waals surface area contributed by atoms with Crippen LogP contribution in [0.2, 0.25) is 0 Å². The fourth-order valence-corrected chi connectivity index (χ4v) is 2.11. The molecule has 1 aliphatic rings. The molecule has 1 heterocycles. The molecule has 1 amide bonds. The SMILES string of the molecule is CC(C)(C)OC(=O)N1CCC(Oc2ccc(N)cc2F)C1. The zero-order valence-electron chi connectivity index (χ0n) is 12.6. The van der Waals surface area contributed by atoms with E-state index >= 15 is 0 Å². The Morgan fingerprint density at radius 3 is 2.76 bits per heavy atom. The molecule has 1 aromatic rings. The number of halogens is 1. The van der Waals surface area contributed by atoms with Gasteiger partial charge in [0.2, 0.25) is 0 Å². The maximum absolute atomic E-state index is 13.7. The van der Waals surface area contributed by atoms with Gasteiger partial charge in [0.05, 0.1) is 6.54 Å². The van der Waals surface area contributed by atoms with E-state index in [0.29, 0.717) is 25.2 Å². The van der Waals surface area contributed by atoms with Gasteiger partial charge in [0.15, 0.2) is 11.6 Å². The molecule has 0 aliphatic carbocycles. The van der Waals surface area contributed by atoms with Gasteiger partial charge in [-0.05, 0) is 32.9 Å². The molecule has 0 bridgehead atoms. The van der Waals surface area contributed by atoms with E-state index in [1.807, 2.05) is 20.8 Å². The number of nitrogen functional groups attached to an aromatic ring is 1. The van der Waals surface area contributed by atoms with Crippen molar-refractivity contribution < 1.29 is 18.7 Å². The van der Waals surface area contributed by atoms with E-state index < -0.39 is 11.4 Å². The number of hydrogen-bond acceptors (Lipinski definition) is 4. The van der Waals surface area contributed by atoms with Crippen LogP contribution in [0.15, 0.2) is 18.2 Å². The van der Waals surface area contributed by atoms with Gasteiger partial charge in [-0.3, -0.25) is 0 Å². The number of rotatable bonds is 2. The van der Waals surface area contributed by atoms with Gasteiger partial charge in [-0.2, -0.15) is 0 Å². The highest BCUT2D eigenvalue weighted by Gasteiger charge is 2.31. The minimum atomic E-state index is -0.529. The first-order chi connectivity index (χ1) is 9.74. The molecule has 1 unspecified atom stereocenters. The van der Waals surface area contributed by atoms with E-state index in [4.69, 9.17) is 15.2 Å². The molecule has 1 aromatic carbocycles. The summed E-state index contributed by atoms with van der Waals surface area (Å²) in [4.78, 5) is 13.5. The summed E-state index contributed by atoms with van der Waals surface area (Å²) in [6.45, 7) is 6.38. The summed E-state index contributed by atoms with van der Waals surface area (Å²) in [7, 11) is 0. The summed E-state index contributed by atoms with van der Waals surface area (Å²) in [5.41, 5.74) is 5.31. The highest BCUT2D eigenvalue weighted by molar-refractivity contribution is 5.68. The fraction of sp³-hybridized carbons (Fsp3) is 0.533. The molecular formula is C15H21FN2O3. The Morgan fingerprint density at radius 1 is 1.43 bits per heavy atom. The maximum atomic E-state index is 13.7. The molecule has 0 saturated carbocycles. The Hall–Kier alpha value is -1.98. The third-order valence-electron chi connectivity index (χ3n) is 3.05. The summed E-state index contributed by atoms with van der Waals surface area (Å²) >= 11 is 0. The molecule has 0 aromatic heterocycles. The van der Waals surface area contributed by atoms with Crippen molar-refractivity contribution in [3.8, 4) is 5.75 Å². The lowest BCUT2D eigenvalue weighted by Crippen LogP contribution is -2.36. The van der Waals surface area contributed by atoms with Crippen molar-refractivity contribution in [2.45, 2.75) is 38.9 Å². The number of benzene rings is 1. The number of likely N-dealkylation sites (tertiary alicyclic amines) is 1. The second-order valence-electron chi connectivity index (χ2n) is 6.14. The second-order valence-corrected chi connectivity index (χ2v) is 6.14. The van der Waals surface area contributed by atoms with Gasteiger partial charge in [-0.25, -0.2) is 9.18 Å². The molecule has 0 spiro atoms. The molecule has 1 fully saturated rings. The van der Waals surface area contributed by atoms with Crippen LogP contribution >= 0.6 is 0 Å². The molecule has 116 valence electrons.